The summed E-state index contributed by atoms with van der Waals surface area (Å²) in [5.41, 5.74) is 0. The maximum atomic E-state index is 9.44. The topological polar surface area (TPSA) is 35.5 Å². The van der Waals surface area contributed by atoms with Crippen molar-refractivity contribution in [1.29, 1.82) is 0 Å². The van der Waals surface area contributed by atoms with Crippen molar-refractivity contribution in [2.45, 2.75) is 32.9 Å². The summed E-state index contributed by atoms with van der Waals surface area (Å²) in [5, 5.41) is 12.8. The van der Waals surface area contributed by atoms with E-state index in [1.165, 1.54) is 0 Å². The molecule has 3 heteroatoms. The highest BCUT2D eigenvalue weighted by molar-refractivity contribution is 4.82. The average Bonchev–Trinajstić information content (AvgIpc) is 2.03. The van der Waals surface area contributed by atoms with E-state index >= 15 is 0 Å². The van der Waals surface area contributed by atoms with Crippen molar-refractivity contribution >= 4 is 0 Å². The lowest BCUT2D eigenvalue weighted by molar-refractivity contribution is 0.0867. The minimum atomic E-state index is -0.241. The van der Waals surface area contributed by atoms with Gasteiger partial charge in [-0.05, 0) is 12.8 Å². The zero-order valence-corrected chi connectivity index (χ0v) is 8.95. The van der Waals surface area contributed by atoms with Gasteiger partial charge in [0.05, 0.1) is 6.10 Å². The first-order chi connectivity index (χ1) is 6.09. The molecule has 1 aliphatic rings. The van der Waals surface area contributed by atoms with Crippen molar-refractivity contribution < 1.29 is 5.11 Å². The van der Waals surface area contributed by atoms with E-state index in [1.54, 1.807) is 0 Å². The minimum absolute atomic E-state index is 0.241. The summed E-state index contributed by atoms with van der Waals surface area (Å²) in [6.07, 6.45) is -0.241. The van der Waals surface area contributed by atoms with Crippen LogP contribution < -0.4 is 5.32 Å². The number of nitrogens with zero attached hydrogens (tertiary/aromatic N) is 1. The summed E-state index contributed by atoms with van der Waals surface area (Å²) in [7, 11) is 0. The number of rotatable bonds is 3. The van der Waals surface area contributed by atoms with Crippen molar-refractivity contribution in [2.24, 2.45) is 5.92 Å². The summed E-state index contributed by atoms with van der Waals surface area (Å²) >= 11 is 0. The molecular weight excluding hydrogens is 164 g/mol. The fourth-order valence-corrected chi connectivity index (χ4v) is 1.85. The predicted octanol–water partition coefficient (Wildman–Crippen LogP) is 0.297. The number of nitrogens with one attached hydrogen (secondary N) is 1. The molecule has 0 aromatic carbocycles. The van der Waals surface area contributed by atoms with Gasteiger partial charge in [-0.3, -0.25) is 0 Å². The Labute approximate surface area is 81.1 Å². The molecule has 0 amide bonds. The summed E-state index contributed by atoms with van der Waals surface area (Å²) < 4.78 is 0. The molecule has 0 radical (unpaired) electrons. The molecule has 1 aliphatic heterocycles. The van der Waals surface area contributed by atoms with Crippen LogP contribution >= 0.6 is 0 Å². The molecule has 2 N–H and O–H groups in total. The zero-order chi connectivity index (χ0) is 9.84. The van der Waals surface area contributed by atoms with Gasteiger partial charge in [0, 0.05) is 32.2 Å². The van der Waals surface area contributed by atoms with E-state index in [0.29, 0.717) is 5.92 Å². The van der Waals surface area contributed by atoms with Crippen LogP contribution in [0.1, 0.15) is 20.8 Å². The Hall–Kier alpha value is -0.120. The molecular formula is C10H22N2O. The van der Waals surface area contributed by atoms with Crippen LogP contribution in [0.15, 0.2) is 0 Å². The number of hydrogen-bond acceptors (Lipinski definition) is 3. The van der Waals surface area contributed by atoms with Gasteiger partial charge in [-0.2, -0.15) is 0 Å². The lowest BCUT2D eigenvalue weighted by atomic mass is 10.1. The Kier molecular flexibility index (Phi) is 4.16. The highest BCUT2D eigenvalue weighted by Crippen LogP contribution is 2.05. The normalized spacial score (nSPS) is 27.9. The van der Waals surface area contributed by atoms with Gasteiger partial charge < -0.3 is 15.3 Å². The average molecular weight is 186 g/mol. The predicted molar refractivity (Wildman–Crippen MR) is 54.7 cm³/mol. The van der Waals surface area contributed by atoms with E-state index in [2.05, 4.69) is 24.1 Å². The first kappa shape index (κ1) is 11.0. The lowest BCUT2D eigenvalue weighted by Gasteiger charge is -2.35. The van der Waals surface area contributed by atoms with Crippen LogP contribution in [0.2, 0.25) is 0 Å². The van der Waals surface area contributed by atoms with Crippen LogP contribution in [0, 0.1) is 5.92 Å². The van der Waals surface area contributed by atoms with Gasteiger partial charge in [0.15, 0.2) is 0 Å². The third-order valence-corrected chi connectivity index (χ3v) is 2.50. The van der Waals surface area contributed by atoms with E-state index in [1.807, 2.05) is 6.92 Å². The Bertz CT molecular complexity index is 148. The molecule has 13 heavy (non-hydrogen) atoms. The Morgan fingerprint density at radius 1 is 1.46 bits per heavy atom. The first-order valence-corrected chi connectivity index (χ1v) is 5.23. The van der Waals surface area contributed by atoms with Gasteiger partial charge in [-0.1, -0.05) is 13.8 Å². The maximum Gasteiger partial charge on any atom is 0.0677 e. The highest BCUT2D eigenvalue weighted by atomic mass is 16.3. The van der Waals surface area contributed by atoms with E-state index < -0.39 is 0 Å². The van der Waals surface area contributed by atoms with Crippen LogP contribution in [0.25, 0.3) is 0 Å². The fourth-order valence-electron chi connectivity index (χ4n) is 1.85. The van der Waals surface area contributed by atoms with Gasteiger partial charge in [0.1, 0.15) is 0 Å². The third kappa shape index (κ3) is 3.63. The Balaban J connectivity index is 2.33. The number of aliphatic hydroxyl groups is 1. The monoisotopic (exact) mass is 186 g/mol. The molecule has 0 aromatic rings. The second-order valence-corrected chi connectivity index (χ2v) is 4.45. The molecule has 0 saturated carbocycles. The van der Waals surface area contributed by atoms with Crippen molar-refractivity contribution in [1.82, 2.24) is 10.2 Å². The van der Waals surface area contributed by atoms with Crippen LogP contribution in [0.4, 0.5) is 0 Å². The molecule has 1 saturated heterocycles. The molecule has 0 bridgehead atoms. The van der Waals surface area contributed by atoms with Gasteiger partial charge in [-0.25, -0.2) is 0 Å². The molecule has 0 spiro atoms. The van der Waals surface area contributed by atoms with Gasteiger partial charge >= 0.3 is 0 Å². The lowest BCUT2D eigenvalue weighted by Crippen LogP contribution is -2.55. The quantitative estimate of drug-likeness (QED) is 0.665. The highest BCUT2D eigenvalue weighted by Gasteiger charge is 2.22. The molecule has 2 atom stereocenters. The fraction of sp³-hybridized carbons (Fsp3) is 1.00. The molecule has 3 nitrogen and oxygen atoms in total. The maximum absolute atomic E-state index is 9.44. The number of hydrogen-bond donors (Lipinski definition) is 2. The number of aliphatic hydroxyl groups excluding tert-OH is 1. The number of piperazine rings is 1. The Morgan fingerprint density at radius 3 is 2.69 bits per heavy atom. The summed E-state index contributed by atoms with van der Waals surface area (Å²) in [5.74, 6) is 0.716. The second-order valence-electron chi connectivity index (χ2n) is 4.45. The molecule has 1 heterocycles. The smallest absolute Gasteiger partial charge is 0.0677 e. The molecule has 0 aliphatic carbocycles. The zero-order valence-electron chi connectivity index (χ0n) is 8.95. The van der Waals surface area contributed by atoms with Crippen molar-refractivity contribution in [3.63, 3.8) is 0 Å². The van der Waals surface area contributed by atoms with Crippen molar-refractivity contribution in [3.05, 3.63) is 0 Å². The minimum Gasteiger partial charge on any atom is -0.392 e. The van der Waals surface area contributed by atoms with Gasteiger partial charge in [0.2, 0.25) is 0 Å². The van der Waals surface area contributed by atoms with E-state index in [-0.39, 0.29) is 12.1 Å². The standard InChI is InChI=1S/C10H22N2O/c1-8(2)6-12-5-4-11-10(7-12)9(3)13/h8-11,13H,4-7H2,1-3H3/t9-,10?/m0/s1. The Morgan fingerprint density at radius 2 is 2.15 bits per heavy atom. The molecule has 1 unspecified atom stereocenters. The summed E-state index contributed by atoms with van der Waals surface area (Å²) in [6, 6.07) is 0.257. The van der Waals surface area contributed by atoms with E-state index in [0.717, 1.165) is 26.2 Å². The van der Waals surface area contributed by atoms with E-state index in [4.69, 9.17) is 0 Å². The molecule has 1 fully saturated rings. The second kappa shape index (κ2) is 4.94. The summed E-state index contributed by atoms with van der Waals surface area (Å²) in [6.45, 7) is 10.6. The molecule has 1 rings (SSSR count). The van der Waals surface area contributed by atoms with Crippen molar-refractivity contribution in [2.75, 3.05) is 26.2 Å². The molecule has 78 valence electrons. The van der Waals surface area contributed by atoms with Crippen LogP contribution in [0.3, 0.4) is 0 Å². The van der Waals surface area contributed by atoms with Crippen molar-refractivity contribution in [3.8, 4) is 0 Å². The van der Waals surface area contributed by atoms with Crippen LogP contribution in [0.5, 0.6) is 0 Å². The first-order valence-electron chi connectivity index (χ1n) is 5.23. The largest absolute Gasteiger partial charge is 0.392 e. The van der Waals surface area contributed by atoms with E-state index in [9.17, 15) is 5.11 Å². The summed E-state index contributed by atoms with van der Waals surface area (Å²) in [4.78, 5) is 2.43. The third-order valence-electron chi connectivity index (χ3n) is 2.50. The van der Waals surface area contributed by atoms with Gasteiger partial charge in [0.25, 0.3) is 0 Å². The molecule has 0 aromatic heterocycles. The van der Waals surface area contributed by atoms with Gasteiger partial charge in [-0.15, -0.1) is 0 Å². The SMILES string of the molecule is CC(C)CN1CCNC([C@H](C)O)C1. The van der Waals surface area contributed by atoms with Crippen LogP contribution in [-0.4, -0.2) is 48.3 Å². The van der Waals surface area contributed by atoms with Crippen LogP contribution in [-0.2, 0) is 0 Å².